The van der Waals surface area contributed by atoms with Gasteiger partial charge in [-0.1, -0.05) is 0 Å². The van der Waals surface area contributed by atoms with Gasteiger partial charge in [-0.05, 0) is 56.7 Å². The zero-order valence-corrected chi connectivity index (χ0v) is 19.0. The van der Waals surface area contributed by atoms with E-state index in [1.807, 2.05) is 0 Å². The standard InChI is InChI=1S/C23H30F3N3O4/c1-3-28-21(31)29(17-4-5-19(32-2)18(14-17)23(24,25)26)20(30)22(28)8-10-27(11-9-22)15-16-6-12-33-13-7-16/h4-5,14,16H,3,6-13,15H2,1-2H3. The fourth-order valence-electron chi connectivity index (χ4n) is 5.32. The van der Waals surface area contributed by atoms with Crippen molar-refractivity contribution in [2.75, 3.05) is 51.4 Å². The van der Waals surface area contributed by atoms with E-state index < -0.39 is 29.2 Å². The van der Waals surface area contributed by atoms with E-state index in [1.54, 1.807) is 6.92 Å². The van der Waals surface area contributed by atoms with Crippen LogP contribution in [0.3, 0.4) is 0 Å². The van der Waals surface area contributed by atoms with Gasteiger partial charge in [-0.25, -0.2) is 9.69 Å². The van der Waals surface area contributed by atoms with Gasteiger partial charge in [-0.3, -0.25) is 4.79 Å². The van der Waals surface area contributed by atoms with Crippen molar-refractivity contribution in [1.29, 1.82) is 0 Å². The monoisotopic (exact) mass is 469 g/mol. The number of carbonyl (C=O) groups excluding carboxylic acids is 2. The van der Waals surface area contributed by atoms with Crippen molar-refractivity contribution in [2.24, 2.45) is 5.92 Å². The lowest BCUT2D eigenvalue weighted by Gasteiger charge is -2.43. The van der Waals surface area contributed by atoms with Crippen molar-refractivity contribution in [2.45, 2.75) is 44.3 Å². The molecule has 0 aliphatic carbocycles. The zero-order valence-electron chi connectivity index (χ0n) is 19.0. The van der Waals surface area contributed by atoms with Crippen LogP contribution in [0.1, 0.15) is 38.2 Å². The molecule has 182 valence electrons. The van der Waals surface area contributed by atoms with E-state index >= 15 is 0 Å². The first kappa shape index (κ1) is 23.8. The van der Waals surface area contributed by atoms with E-state index in [-0.39, 0.29) is 11.4 Å². The van der Waals surface area contributed by atoms with Crippen LogP contribution in [0.15, 0.2) is 18.2 Å². The first-order valence-electron chi connectivity index (χ1n) is 11.4. The number of hydrogen-bond acceptors (Lipinski definition) is 5. The van der Waals surface area contributed by atoms with Gasteiger partial charge < -0.3 is 19.3 Å². The first-order chi connectivity index (χ1) is 15.7. The number of urea groups is 1. The molecule has 3 aliphatic heterocycles. The number of alkyl halides is 3. The van der Waals surface area contributed by atoms with E-state index in [9.17, 15) is 22.8 Å². The summed E-state index contributed by atoms with van der Waals surface area (Å²) >= 11 is 0. The maximum atomic E-state index is 13.6. The Morgan fingerprint density at radius 1 is 1.15 bits per heavy atom. The highest BCUT2D eigenvalue weighted by atomic mass is 19.4. The fourth-order valence-corrected chi connectivity index (χ4v) is 5.32. The Balaban J connectivity index is 1.56. The normalized spacial score (nSPS) is 22.5. The number of methoxy groups -OCH3 is 1. The summed E-state index contributed by atoms with van der Waals surface area (Å²) in [5, 5.41) is 0. The summed E-state index contributed by atoms with van der Waals surface area (Å²) < 4.78 is 50.9. The second-order valence-electron chi connectivity index (χ2n) is 8.94. The maximum absolute atomic E-state index is 13.6. The highest BCUT2D eigenvalue weighted by Gasteiger charge is 2.58. The molecule has 3 amide bonds. The zero-order chi connectivity index (χ0) is 23.8. The molecule has 3 fully saturated rings. The molecule has 0 saturated carbocycles. The number of ether oxygens (including phenoxy) is 2. The van der Waals surface area contributed by atoms with E-state index in [0.717, 1.165) is 56.7 Å². The van der Waals surface area contributed by atoms with Crippen LogP contribution >= 0.6 is 0 Å². The quantitative estimate of drug-likeness (QED) is 0.615. The Morgan fingerprint density at radius 3 is 2.39 bits per heavy atom. The second-order valence-corrected chi connectivity index (χ2v) is 8.94. The molecule has 4 rings (SSSR count). The Morgan fingerprint density at radius 2 is 1.82 bits per heavy atom. The van der Waals surface area contributed by atoms with E-state index in [2.05, 4.69) is 4.90 Å². The summed E-state index contributed by atoms with van der Waals surface area (Å²) in [7, 11) is 1.15. The van der Waals surface area contributed by atoms with Crippen LogP contribution in [0.5, 0.6) is 5.75 Å². The second kappa shape index (κ2) is 9.13. The van der Waals surface area contributed by atoms with Crippen LogP contribution < -0.4 is 9.64 Å². The van der Waals surface area contributed by atoms with Gasteiger partial charge in [0, 0.05) is 39.4 Å². The molecular weight excluding hydrogens is 439 g/mol. The average Bonchev–Trinajstić information content (AvgIpc) is 3.00. The lowest BCUT2D eigenvalue weighted by molar-refractivity contribution is -0.138. The third kappa shape index (κ3) is 4.30. The van der Waals surface area contributed by atoms with E-state index in [4.69, 9.17) is 9.47 Å². The molecule has 3 saturated heterocycles. The third-order valence-electron chi connectivity index (χ3n) is 7.14. The molecule has 1 spiro atoms. The average molecular weight is 470 g/mol. The molecule has 0 unspecified atom stereocenters. The number of likely N-dealkylation sites (tertiary alicyclic amines) is 1. The van der Waals surface area contributed by atoms with Crippen LogP contribution in [0.4, 0.5) is 23.7 Å². The van der Waals surface area contributed by atoms with Gasteiger partial charge in [0.05, 0.1) is 18.4 Å². The number of imide groups is 1. The van der Waals surface area contributed by atoms with Crippen molar-refractivity contribution >= 4 is 17.6 Å². The molecule has 3 heterocycles. The topological polar surface area (TPSA) is 62.3 Å². The van der Waals surface area contributed by atoms with Crippen molar-refractivity contribution in [3.05, 3.63) is 23.8 Å². The van der Waals surface area contributed by atoms with Crippen LogP contribution in [-0.2, 0) is 15.7 Å². The number of piperidine rings is 1. The van der Waals surface area contributed by atoms with Crippen molar-refractivity contribution < 1.29 is 32.2 Å². The number of rotatable bonds is 5. The van der Waals surface area contributed by atoms with E-state index in [0.29, 0.717) is 38.4 Å². The lowest BCUT2D eigenvalue weighted by atomic mass is 9.85. The molecule has 10 heteroatoms. The molecule has 0 aromatic heterocycles. The number of anilines is 1. The fraction of sp³-hybridized carbons (Fsp3) is 0.652. The van der Waals surface area contributed by atoms with Crippen molar-refractivity contribution in [3.63, 3.8) is 0 Å². The Kier molecular flexibility index (Phi) is 6.59. The summed E-state index contributed by atoms with van der Waals surface area (Å²) in [5.41, 5.74) is -2.12. The minimum atomic E-state index is -4.68. The first-order valence-corrected chi connectivity index (χ1v) is 11.4. The van der Waals surface area contributed by atoms with Gasteiger partial charge in [0.15, 0.2) is 0 Å². The minimum Gasteiger partial charge on any atom is -0.496 e. The van der Waals surface area contributed by atoms with Crippen LogP contribution in [0.25, 0.3) is 0 Å². The molecule has 33 heavy (non-hydrogen) atoms. The lowest BCUT2D eigenvalue weighted by Crippen LogP contribution is -2.57. The van der Waals surface area contributed by atoms with Crippen LogP contribution in [0.2, 0.25) is 0 Å². The van der Waals surface area contributed by atoms with Crippen LogP contribution in [-0.4, -0.2) is 73.8 Å². The molecule has 1 aromatic rings. The molecular formula is C23H30F3N3O4. The summed E-state index contributed by atoms with van der Waals surface area (Å²) in [5.74, 6) is -0.236. The smallest absolute Gasteiger partial charge is 0.420 e. The highest BCUT2D eigenvalue weighted by Crippen LogP contribution is 2.43. The van der Waals surface area contributed by atoms with Crippen molar-refractivity contribution in [3.8, 4) is 5.75 Å². The number of likely N-dealkylation sites (N-methyl/N-ethyl adjacent to an activating group) is 1. The number of amides is 3. The van der Waals surface area contributed by atoms with Gasteiger partial charge in [-0.15, -0.1) is 0 Å². The molecule has 0 atom stereocenters. The Labute approximate surface area is 191 Å². The molecule has 7 nitrogen and oxygen atoms in total. The molecule has 0 N–H and O–H groups in total. The van der Waals surface area contributed by atoms with Gasteiger partial charge >= 0.3 is 12.2 Å². The summed E-state index contributed by atoms with van der Waals surface area (Å²) in [6.07, 6.45) is -1.70. The Bertz CT molecular complexity index is 893. The summed E-state index contributed by atoms with van der Waals surface area (Å²) in [6.45, 7) is 5.91. The van der Waals surface area contributed by atoms with Crippen LogP contribution in [0, 0.1) is 5.92 Å². The van der Waals surface area contributed by atoms with Crippen molar-refractivity contribution in [1.82, 2.24) is 9.80 Å². The third-order valence-corrected chi connectivity index (χ3v) is 7.14. The van der Waals surface area contributed by atoms with Gasteiger partial charge in [0.25, 0.3) is 5.91 Å². The molecule has 1 aromatic carbocycles. The number of hydrogen-bond donors (Lipinski definition) is 0. The van der Waals surface area contributed by atoms with Gasteiger partial charge in [0.1, 0.15) is 11.3 Å². The number of nitrogens with zero attached hydrogens (tertiary/aromatic N) is 3. The van der Waals surface area contributed by atoms with Gasteiger partial charge in [-0.2, -0.15) is 13.2 Å². The molecule has 0 bridgehead atoms. The predicted octanol–water partition coefficient (Wildman–Crippen LogP) is 3.76. The number of benzene rings is 1. The summed E-state index contributed by atoms with van der Waals surface area (Å²) in [6, 6.07) is 2.73. The highest BCUT2D eigenvalue weighted by molar-refractivity contribution is 6.23. The maximum Gasteiger partial charge on any atom is 0.420 e. The largest absolute Gasteiger partial charge is 0.496 e. The Hall–Kier alpha value is -2.33. The SMILES string of the molecule is CCN1C(=O)N(c2ccc(OC)c(C(F)(F)F)c2)C(=O)C12CCN(CC1CCOCC1)CC2. The van der Waals surface area contributed by atoms with E-state index in [1.165, 1.54) is 11.0 Å². The number of carbonyl (C=O) groups is 2. The predicted molar refractivity (Wildman–Crippen MR) is 115 cm³/mol. The minimum absolute atomic E-state index is 0.0851. The summed E-state index contributed by atoms with van der Waals surface area (Å²) in [4.78, 5) is 31.6. The van der Waals surface area contributed by atoms with Gasteiger partial charge in [0.2, 0.25) is 0 Å². The molecule has 0 radical (unpaired) electrons. The number of halogens is 3. The molecule has 3 aliphatic rings.